The fraction of sp³-hybridized carbons (Fsp3) is 0.750. The standard InChI is InChI=1S/C16H27N3O3/c1(3-17-4-10-20-11-5-17)2-16(18-6-12-21-13-7-18)19-8-14-22-15-9-19/h1-3H,4-15H2/b3-1+. The first-order chi connectivity index (χ1) is 10.9. The highest BCUT2D eigenvalue weighted by molar-refractivity contribution is 5.12. The third-order valence-corrected chi connectivity index (χ3v) is 4.26. The number of morpholine rings is 3. The molecule has 0 bridgehead atoms. The van der Waals surface area contributed by atoms with Gasteiger partial charge in [0.25, 0.3) is 0 Å². The maximum absolute atomic E-state index is 5.48. The van der Waals surface area contributed by atoms with Gasteiger partial charge in [-0.05, 0) is 18.4 Å². The Bertz CT molecular complexity index is 362. The van der Waals surface area contributed by atoms with Crippen molar-refractivity contribution >= 4 is 0 Å². The minimum Gasteiger partial charge on any atom is -0.378 e. The summed E-state index contributed by atoms with van der Waals surface area (Å²) in [6.07, 6.45) is 6.60. The summed E-state index contributed by atoms with van der Waals surface area (Å²) in [5, 5.41) is 0. The van der Waals surface area contributed by atoms with Crippen LogP contribution >= 0.6 is 0 Å². The van der Waals surface area contributed by atoms with E-state index >= 15 is 0 Å². The molecule has 22 heavy (non-hydrogen) atoms. The second-order valence-corrected chi connectivity index (χ2v) is 5.71. The fourth-order valence-corrected chi connectivity index (χ4v) is 2.97. The Hall–Kier alpha value is -1.24. The highest BCUT2D eigenvalue weighted by atomic mass is 16.5. The van der Waals surface area contributed by atoms with Crippen molar-refractivity contribution in [3.05, 3.63) is 24.2 Å². The molecule has 0 aliphatic carbocycles. The number of rotatable bonds is 4. The number of hydrogen-bond donors (Lipinski definition) is 0. The molecular formula is C16H27N3O3. The zero-order valence-corrected chi connectivity index (χ0v) is 13.3. The normalized spacial score (nSPS) is 23.9. The average Bonchev–Trinajstić information content (AvgIpc) is 2.61. The minimum atomic E-state index is 0.814. The highest BCUT2D eigenvalue weighted by Crippen LogP contribution is 2.15. The van der Waals surface area contributed by atoms with Gasteiger partial charge in [0.05, 0.1) is 39.6 Å². The second kappa shape index (κ2) is 8.41. The maximum atomic E-state index is 5.48. The Morgan fingerprint density at radius 1 is 0.636 bits per heavy atom. The smallest absolute Gasteiger partial charge is 0.104 e. The van der Waals surface area contributed by atoms with E-state index < -0.39 is 0 Å². The molecule has 0 saturated carbocycles. The first-order valence-corrected chi connectivity index (χ1v) is 8.29. The van der Waals surface area contributed by atoms with Crippen molar-refractivity contribution in [1.82, 2.24) is 14.7 Å². The zero-order valence-electron chi connectivity index (χ0n) is 13.3. The minimum absolute atomic E-state index is 0.814. The summed E-state index contributed by atoms with van der Waals surface area (Å²) in [4.78, 5) is 7.17. The molecule has 3 rings (SSSR count). The van der Waals surface area contributed by atoms with E-state index in [1.807, 2.05) is 0 Å². The number of allylic oxidation sites excluding steroid dienone is 2. The third kappa shape index (κ3) is 4.38. The molecule has 0 spiro atoms. The van der Waals surface area contributed by atoms with E-state index in [1.54, 1.807) is 0 Å². The van der Waals surface area contributed by atoms with Gasteiger partial charge in [-0.2, -0.15) is 0 Å². The van der Waals surface area contributed by atoms with Crippen LogP contribution in [0.2, 0.25) is 0 Å². The van der Waals surface area contributed by atoms with Gasteiger partial charge in [-0.3, -0.25) is 0 Å². The summed E-state index contributed by atoms with van der Waals surface area (Å²) < 4.78 is 16.4. The topological polar surface area (TPSA) is 37.4 Å². The van der Waals surface area contributed by atoms with Crippen molar-refractivity contribution < 1.29 is 14.2 Å². The van der Waals surface area contributed by atoms with E-state index in [0.29, 0.717) is 0 Å². The molecule has 3 aliphatic heterocycles. The molecule has 0 amide bonds. The van der Waals surface area contributed by atoms with E-state index in [4.69, 9.17) is 14.2 Å². The van der Waals surface area contributed by atoms with Gasteiger partial charge in [-0.15, -0.1) is 0 Å². The summed E-state index contributed by atoms with van der Waals surface area (Å²) in [6, 6.07) is 0. The van der Waals surface area contributed by atoms with Crippen LogP contribution in [0.25, 0.3) is 0 Å². The molecule has 6 heteroatoms. The SMILES string of the molecule is C(/C=C/N1CCOCC1)=C(N1CCOCC1)N1CCOCC1. The molecule has 0 aromatic heterocycles. The van der Waals surface area contributed by atoms with E-state index in [9.17, 15) is 0 Å². The van der Waals surface area contributed by atoms with Gasteiger partial charge in [-0.1, -0.05) is 0 Å². The van der Waals surface area contributed by atoms with Crippen LogP contribution in [-0.4, -0.2) is 93.6 Å². The summed E-state index contributed by atoms with van der Waals surface area (Å²) in [5.41, 5.74) is 0. The fourth-order valence-electron chi connectivity index (χ4n) is 2.97. The van der Waals surface area contributed by atoms with Crippen LogP contribution in [-0.2, 0) is 14.2 Å². The molecule has 124 valence electrons. The Morgan fingerprint density at radius 3 is 1.59 bits per heavy atom. The quantitative estimate of drug-likeness (QED) is 0.697. The molecule has 0 atom stereocenters. The Labute approximate surface area is 132 Å². The van der Waals surface area contributed by atoms with Crippen LogP contribution in [0.5, 0.6) is 0 Å². The Balaban J connectivity index is 1.65. The highest BCUT2D eigenvalue weighted by Gasteiger charge is 2.20. The van der Waals surface area contributed by atoms with Crippen molar-refractivity contribution in [2.45, 2.75) is 0 Å². The van der Waals surface area contributed by atoms with E-state index in [-0.39, 0.29) is 0 Å². The van der Waals surface area contributed by atoms with Gasteiger partial charge in [0, 0.05) is 39.3 Å². The maximum Gasteiger partial charge on any atom is 0.104 e. The molecular weight excluding hydrogens is 282 g/mol. The predicted octanol–water partition coefficient (Wildman–Crippen LogP) is 0.338. The van der Waals surface area contributed by atoms with Crippen molar-refractivity contribution in [1.29, 1.82) is 0 Å². The molecule has 6 nitrogen and oxygen atoms in total. The Kier molecular flexibility index (Phi) is 5.98. The predicted molar refractivity (Wildman–Crippen MR) is 84.4 cm³/mol. The second-order valence-electron chi connectivity index (χ2n) is 5.71. The first-order valence-electron chi connectivity index (χ1n) is 8.29. The van der Waals surface area contributed by atoms with Crippen molar-refractivity contribution in [2.24, 2.45) is 0 Å². The molecule has 3 heterocycles. The van der Waals surface area contributed by atoms with Gasteiger partial charge in [0.1, 0.15) is 5.82 Å². The van der Waals surface area contributed by atoms with Crippen LogP contribution in [0.15, 0.2) is 24.2 Å². The lowest BCUT2D eigenvalue weighted by Gasteiger charge is -2.39. The van der Waals surface area contributed by atoms with E-state index in [1.165, 1.54) is 5.82 Å². The largest absolute Gasteiger partial charge is 0.378 e. The van der Waals surface area contributed by atoms with Crippen molar-refractivity contribution in [3.63, 3.8) is 0 Å². The molecule has 0 radical (unpaired) electrons. The lowest BCUT2D eigenvalue weighted by molar-refractivity contribution is 0.00866. The molecule has 0 unspecified atom stereocenters. The molecule has 0 N–H and O–H groups in total. The number of ether oxygens (including phenoxy) is 3. The van der Waals surface area contributed by atoms with E-state index in [2.05, 4.69) is 33.1 Å². The molecule has 3 saturated heterocycles. The first kappa shape index (κ1) is 15.6. The van der Waals surface area contributed by atoms with E-state index in [0.717, 1.165) is 78.9 Å². The summed E-state index contributed by atoms with van der Waals surface area (Å²) >= 11 is 0. The Morgan fingerprint density at radius 2 is 1.09 bits per heavy atom. The van der Waals surface area contributed by atoms with Gasteiger partial charge in [0.2, 0.25) is 0 Å². The van der Waals surface area contributed by atoms with Crippen LogP contribution in [0, 0.1) is 0 Å². The van der Waals surface area contributed by atoms with Gasteiger partial charge >= 0.3 is 0 Å². The summed E-state index contributed by atoms with van der Waals surface area (Å²) in [7, 11) is 0. The number of hydrogen-bond acceptors (Lipinski definition) is 6. The van der Waals surface area contributed by atoms with Crippen LogP contribution in [0.3, 0.4) is 0 Å². The number of nitrogens with zero attached hydrogens (tertiary/aromatic N) is 3. The van der Waals surface area contributed by atoms with Gasteiger partial charge in [-0.25, -0.2) is 0 Å². The third-order valence-electron chi connectivity index (χ3n) is 4.26. The molecule has 0 aromatic rings. The lowest BCUT2D eigenvalue weighted by Crippen LogP contribution is -2.45. The average molecular weight is 309 g/mol. The lowest BCUT2D eigenvalue weighted by atomic mass is 10.3. The summed E-state index contributed by atoms with van der Waals surface area (Å²) in [5.74, 6) is 1.30. The van der Waals surface area contributed by atoms with Crippen LogP contribution < -0.4 is 0 Å². The van der Waals surface area contributed by atoms with Crippen molar-refractivity contribution in [3.8, 4) is 0 Å². The van der Waals surface area contributed by atoms with Crippen LogP contribution in [0.4, 0.5) is 0 Å². The molecule has 3 fully saturated rings. The monoisotopic (exact) mass is 309 g/mol. The zero-order chi connectivity index (χ0) is 15.0. The van der Waals surface area contributed by atoms with Crippen molar-refractivity contribution in [2.75, 3.05) is 78.9 Å². The molecule has 0 aromatic carbocycles. The van der Waals surface area contributed by atoms with Gasteiger partial charge < -0.3 is 28.9 Å². The summed E-state index contributed by atoms with van der Waals surface area (Å²) in [6.45, 7) is 10.7. The van der Waals surface area contributed by atoms with Crippen LogP contribution in [0.1, 0.15) is 0 Å². The molecule has 3 aliphatic rings. The van der Waals surface area contributed by atoms with Gasteiger partial charge in [0.15, 0.2) is 0 Å².